The van der Waals surface area contributed by atoms with Gasteiger partial charge in [0.15, 0.2) is 6.61 Å². The maximum atomic E-state index is 13.5. The van der Waals surface area contributed by atoms with Crippen LogP contribution in [0, 0.1) is 17.3 Å². The fraction of sp³-hybridized carbons (Fsp3) is 0.783. The molecule has 0 aromatic carbocycles. The second-order valence-corrected chi connectivity index (χ2v) is 10.5. The maximum absolute atomic E-state index is 13.5. The number of hydrogen-bond acceptors (Lipinski definition) is 6. The maximum Gasteiger partial charge on any atom is 0.460 e. The standard InChI is InChI=1S/C23H25F9O6/c1-12(2)16(34)38-19-8-13-5-14(9-19)7-18(6-13,11-19)17(35)37-10-15(33)36-4-3-20(24,25)21(26,27)22(28,29)23(30,31)32/h13-14H,1,3-11H2,2H3. The highest BCUT2D eigenvalue weighted by molar-refractivity contribution is 5.87. The van der Waals surface area contributed by atoms with Crippen molar-refractivity contribution >= 4 is 17.9 Å². The molecule has 2 atom stereocenters. The van der Waals surface area contributed by atoms with Crippen LogP contribution in [0.1, 0.15) is 51.9 Å². The van der Waals surface area contributed by atoms with Crippen molar-refractivity contribution in [2.45, 2.75) is 81.4 Å². The summed E-state index contributed by atoms with van der Waals surface area (Å²) in [7, 11) is 0. The summed E-state index contributed by atoms with van der Waals surface area (Å²) in [4.78, 5) is 36.9. The molecule has 4 fully saturated rings. The van der Waals surface area contributed by atoms with Crippen LogP contribution in [0.3, 0.4) is 0 Å². The van der Waals surface area contributed by atoms with Gasteiger partial charge in [0, 0.05) is 12.0 Å². The van der Waals surface area contributed by atoms with E-state index in [4.69, 9.17) is 9.47 Å². The van der Waals surface area contributed by atoms with Crippen molar-refractivity contribution in [1.29, 1.82) is 0 Å². The topological polar surface area (TPSA) is 78.9 Å². The molecule has 0 radical (unpaired) electrons. The molecule has 0 saturated heterocycles. The molecule has 0 aromatic heterocycles. The van der Waals surface area contributed by atoms with Gasteiger partial charge in [-0.3, -0.25) is 4.79 Å². The largest absolute Gasteiger partial charge is 0.463 e. The molecule has 0 aliphatic heterocycles. The minimum atomic E-state index is -7.04. The third kappa shape index (κ3) is 5.33. The second-order valence-electron chi connectivity index (χ2n) is 10.5. The highest BCUT2D eigenvalue weighted by atomic mass is 19.4. The first-order chi connectivity index (χ1) is 17.2. The average Bonchev–Trinajstić information content (AvgIpc) is 2.74. The smallest absolute Gasteiger partial charge is 0.460 e. The summed E-state index contributed by atoms with van der Waals surface area (Å²) in [6.45, 7) is 2.21. The second kappa shape index (κ2) is 9.61. The fourth-order valence-corrected chi connectivity index (χ4v) is 6.00. The predicted octanol–water partition coefficient (Wildman–Crippen LogP) is 5.39. The van der Waals surface area contributed by atoms with Gasteiger partial charge in [0.25, 0.3) is 0 Å². The highest BCUT2D eigenvalue weighted by Gasteiger charge is 2.81. The van der Waals surface area contributed by atoms with Crippen LogP contribution in [0.25, 0.3) is 0 Å². The molecule has 6 nitrogen and oxygen atoms in total. The van der Waals surface area contributed by atoms with Crippen molar-refractivity contribution in [1.82, 2.24) is 0 Å². The quantitative estimate of drug-likeness (QED) is 0.152. The van der Waals surface area contributed by atoms with Gasteiger partial charge in [-0.15, -0.1) is 0 Å². The molecule has 15 heteroatoms. The highest BCUT2D eigenvalue weighted by Crippen LogP contribution is 2.63. The molecule has 2 unspecified atom stereocenters. The molecule has 0 heterocycles. The number of carbonyl (C=O) groups is 3. The zero-order chi connectivity index (χ0) is 28.9. The Morgan fingerprint density at radius 1 is 0.868 bits per heavy atom. The summed E-state index contributed by atoms with van der Waals surface area (Å²) in [5, 5.41) is 0. The Balaban J connectivity index is 1.55. The molecule has 0 aromatic rings. The summed E-state index contributed by atoms with van der Waals surface area (Å²) >= 11 is 0. The summed E-state index contributed by atoms with van der Waals surface area (Å²) in [5.74, 6) is -22.7. The van der Waals surface area contributed by atoms with Gasteiger partial charge in [-0.05, 0) is 50.9 Å². The van der Waals surface area contributed by atoms with E-state index in [-0.39, 0.29) is 23.8 Å². The summed E-state index contributed by atoms with van der Waals surface area (Å²) in [5.41, 5.74) is -1.85. The number of esters is 3. The van der Waals surface area contributed by atoms with Crippen molar-refractivity contribution in [2.24, 2.45) is 17.3 Å². The average molecular weight is 568 g/mol. The number of rotatable bonds is 10. The normalized spacial score (nSPS) is 29.1. The van der Waals surface area contributed by atoms with Crippen LogP contribution < -0.4 is 0 Å². The van der Waals surface area contributed by atoms with E-state index in [1.54, 1.807) is 0 Å². The van der Waals surface area contributed by atoms with Crippen LogP contribution in [0.5, 0.6) is 0 Å². The van der Waals surface area contributed by atoms with Gasteiger partial charge in [0.1, 0.15) is 5.60 Å². The number of halogens is 9. The lowest BCUT2D eigenvalue weighted by atomic mass is 9.48. The lowest BCUT2D eigenvalue weighted by Gasteiger charge is -2.59. The Labute approximate surface area is 210 Å². The van der Waals surface area contributed by atoms with Crippen LogP contribution >= 0.6 is 0 Å². The van der Waals surface area contributed by atoms with Crippen molar-refractivity contribution in [3.05, 3.63) is 12.2 Å². The fourth-order valence-electron chi connectivity index (χ4n) is 6.00. The molecular formula is C23H25F9O6. The predicted molar refractivity (Wildman–Crippen MR) is 108 cm³/mol. The van der Waals surface area contributed by atoms with Crippen molar-refractivity contribution in [3.8, 4) is 0 Å². The van der Waals surface area contributed by atoms with E-state index in [2.05, 4.69) is 11.3 Å². The molecule has 0 spiro atoms. The Kier molecular flexibility index (Phi) is 7.61. The summed E-state index contributed by atoms with van der Waals surface area (Å²) < 4.78 is 131. The molecule has 38 heavy (non-hydrogen) atoms. The molecule has 4 saturated carbocycles. The van der Waals surface area contributed by atoms with Gasteiger partial charge in [-0.2, -0.15) is 39.5 Å². The van der Waals surface area contributed by atoms with Crippen molar-refractivity contribution in [2.75, 3.05) is 13.2 Å². The first kappa shape index (κ1) is 30.1. The van der Waals surface area contributed by atoms with Gasteiger partial charge < -0.3 is 14.2 Å². The van der Waals surface area contributed by atoms with E-state index in [0.29, 0.717) is 25.7 Å². The monoisotopic (exact) mass is 568 g/mol. The Hall–Kier alpha value is -2.48. The Bertz CT molecular complexity index is 976. The van der Waals surface area contributed by atoms with Crippen molar-refractivity contribution in [3.63, 3.8) is 0 Å². The lowest BCUT2D eigenvalue weighted by Crippen LogP contribution is -2.61. The van der Waals surface area contributed by atoms with E-state index in [9.17, 15) is 53.9 Å². The van der Waals surface area contributed by atoms with E-state index in [1.807, 2.05) is 0 Å². The van der Waals surface area contributed by atoms with Gasteiger partial charge in [0.05, 0.1) is 18.4 Å². The van der Waals surface area contributed by atoms with Crippen LogP contribution in [0.15, 0.2) is 12.2 Å². The summed E-state index contributed by atoms with van der Waals surface area (Å²) in [6, 6.07) is 0. The third-order valence-corrected chi connectivity index (χ3v) is 7.31. The van der Waals surface area contributed by atoms with Crippen LogP contribution in [-0.4, -0.2) is 60.7 Å². The zero-order valence-corrected chi connectivity index (χ0v) is 20.1. The lowest BCUT2D eigenvalue weighted by molar-refractivity contribution is -0.397. The molecule has 0 N–H and O–H groups in total. The zero-order valence-electron chi connectivity index (χ0n) is 20.1. The molecule has 216 valence electrons. The van der Waals surface area contributed by atoms with Crippen molar-refractivity contribution < 1.29 is 68.1 Å². The summed E-state index contributed by atoms with van der Waals surface area (Å²) in [6.07, 6.45) is -6.54. The first-order valence-electron chi connectivity index (χ1n) is 11.6. The molecule has 4 rings (SSSR count). The van der Waals surface area contributed by atoms with Gasteiger partial charge in [-0.25, -0.2) is 9.59 Å². The van der Waals surface area contributed by atoms with Crippen LogP contribution in [0.2, 0.25) is 0 Å². The van der Waals surface area contributed by atoms with Gasteiger partial charge in [0.2, 0.25) is 0 Å². The third-order valence-electron chi connectivity index (χ3n) is 7.31. The minimum Gasteiger partial charge on any atom is -0.463 e. The minimum absolute atomic E-state index is 0.0346. The number of alkyl halides is 9. The van der Waals surface area contributed by atoms with E-state index >= 15 is 0 Å². The van der Waals surface area contributed by atoms with E-state index in [0.717, 1.165) is 6.42 Å². The molecule has 4 aliphatic carbocycles. The SMILES string of the molecule is C=C(C)C(=O)OC12CC3CC(C1)CC(C(=O)OCC(=O)OCCC(F)(F)C(F)(F)C(F)(F)C(F)(F)F)(C3)C2. The first-order valence-corrected chi connectivity index (χ1v) is 11.6. The molecule has 4 bridgehead atoms. The molecule has 4 aliphatic rings. The molecular weight excluding hydrogens is 543 g/mol. The Morgan fingerprint density at radius 2 is 1.42 bits per heavy atom. The number of hydrogen-bond donors (Lipinski definition) is 0. The van der Waals surface area contributed by atoms with Gasteiger partial charge >= 0.3 is 41.9 Å². The van der Waals surface area contributed by atoms with Crippen LogP contribution in [-0.2, 0) is 28.6 Å². The number of carbonyl (C=O) groups excluding carboxylic acids is 3. The van der Waals surface area contributed by atoms with E-state index in [1.165, 1.54) is 6.92 Å². The number of ether oxygens (including phenoxy) is 3. The van der Waals surface area contributed by atoms with E-state index < -0.39 is 72.5 Å². The Morgan fingerprint density at radius 3 is 1.92 bits per heavy atom. The van der Waals surface area contributed by atoms with Gasteiger partial charge in [-0.1, -0.05) is 6.58 Å². The van der Waals surface area contributed by atoms with Crippen LogP contribution in [0.4, 0.5) is 39.5 Å². The molecule has 0 amide bonds.